The van der Waals surface area contributed by atoms with Crippen LogP contribution in [0.1, 0.15) is 29.6 Å². The van der Waals surface area contributed by atoms with Crippen molar-refractivity contribution in [3.8, 4) is 0 Å². The van der Waals surface area contributed by atoms with Crippen LogP contribution in [0, 0.1) is 11.7 Å². The van der Waals surface area contributed by atoms with Crippen molar-refractivity contribution in [3.63, 3.8) is 0 Å². The quantitative estimate of drug-likeness (QED) is 0.636. The molecule has 0 spiro atoms. The molecule has 2 rings (SSSR count). The van der Waals surface area contributed by atoms with Crippen molar-refractivity contribution in [1.29, 1.82) is 0 Å². The minimum absolute atomic E-state index is 0.103. The Morgan fingerprint density at radius 3 is 2.69 bits per heavy atom. The van der Waals surface area contributed by atoms with Gasteiger partial charge in [0.25, 0.3) is 0 Å². The van der Waals surface area contributed by atoms with Gasteiger partial charge in [0.1, 0.15) is 5.82 Å². The lowest BCUT2D eigenvalue weighted by atomic mass is 9.80. The molecule has 0 radical (unpaired) electrons. The second kappa shape index (κ2) is 3.29. The molecule has 0 bridgehead atoms. The number of hydrogen-bond donors (Lipinski definition) is 0. The monoisotopic (exact) mass is 178 g/mol. The minimum atomic E-state index is -0.329. The standard InChI is InChI=1S/C11H11FO/c12-10-6-2-5-9(7-10)11(13)8-3-1-4-8/h2,5-8H,1,3-4H2. The molecule has 0 aromatic heterocycles. The second-order valence-electron chi connectivity index (χ2n) is 3.50. The molecule has 1 fully saturated rings. The lowest BCUT2D eigenvalue weighted by Gasteiger charge is -2.23. The van der Waals surface area contributed by atoms with Crippen molar-refractivity contribution in [2.45, 2.75) is 19.3 Å². The Kier molecular flexibility index (Phi) is 2.13. The summed E-state index contributed by atoms with van der Waals surface area (Å²) in [6.45, 7) is 0. The highest BCUT2D eigenvalue weighted by molar-refractivity contribution is 5.98. The van der Waals surface area contributed by atoms with Gasteiger partial charge in [-0.15, -0.1) is 0 Å². The molecule has 0 heterocycles. The lowest BCUT2D eigenvalue weighted by Crippen LogP contribution is -2.21. The average molecular weight is 178 g/mol. The summed E-state index contributed by atoms with van der Waals surface area (Å²) in [5.74, 6) is -0.0716. The van der Waals surface area contributed by atoms with E-state index in [2.05, 4.69) is 0 Å². The summed E-state index contributed by atoms with van der Waals surface area (Å²) in [6.07, 6.45) is 3.07. The maximum atomic E-state index is 12.8. The molecule has 0 unspecified atom stereocenters. The van der Waals surface area contributed by atoms with Gasteiger partial charge in [-0.3, -0.25) is 4.79 Å². The Hall–Kier alpha value is -1.18. The zero-order valence-corrected chi connectivity index (χ0v) is 7.29. The van der Waals surface area contributed by atoms with Crippen LogP contribution in [0.25, 0.3) is 0 Å². The average Bonchev–Trinajstić information content (AvgIpc) is 2.01. The molecular formula is C11H11FO. The predicted octanol–water partition coefficient (Wildman–Crippen LogP) is 2.81. The Balaban J connectivity index is 2.19. The van der Waals surface area contributed by atoms with Crippen molar-refractivity contribution in [2.24, 2.45) is 5.92 Å². The number of carbonyl (C=O) groups excluding carboxylic acids is 1. The summed E-state index contributed by atoms with van der Waals surface area (Å²) in [5, 5.41) is 0. The van der Waals surface area contributed by atoms with E-state index in [0.29, 0.717) is 5.56 Å². The Morgan fingerprint density at radius 2 is 2.15 bits per heavy atom. The maximum Gasteiger partial charge on any atom is 0.166 e. The van der Waals surface area contributed by atoms with E-state index >= 15 is 0 Å². The number of rotatable bonds is 2. The van der Waals surface area contributed by atoms with E-state index < -0.39 is 0 Å². The zero-order valence-electron chi connectivity index (χ0n) is 7.29. The van der Waals surface area contributed by atoms with E-state index in [9.17, 15) is 9.18 Å². The molecule has 0 atom stereocenters. The predicted molar refractivity (Wildman–Crippen MR) is 48.1 cm³/mol. The van der Waals surface area contributed by atoms with Crippen LogP contribution < -0.4 is 0 Å². The van der Waals surface area contributed by atoms with E-state index in [0.717, 1.165) is 19.3 Å². The maximum absolute atomic E-state index is 12.8. The number of halogens is 1. The van der Waals surface area contributed by atoms with Gasteiger partial charge in [0.2, 0.25) is 0 Å². The van der Waals surface area contributed by atoms with Crippen molar-refractivity contribution < 1.29 is 9.18 Å². The van der Waals surface area contributed by atoms with Crippen molar-refractivity contribution in [3.05, 3.63) is 35.6 Å². The third-order valence-electron chi connectivity index (χ3n) is 2.59. The van der Waals surface area contributed by atoms with Gasteiger partial charge in [-0.2, -0.15) is 0 Å². The highest BCUT2D eigenvalue weighted by atomic mass is 19.1. The van der Waals surface area contributed by atoms with Gasteiger partial charge in [0.15, 0.2) is 5.78 Å². The van der Waals surface area contributed by atoms with Crippen LogP contribution in [-0.4, -0.2) is 5.78 Å². The van der Waals surface area contributed by atoms with E-state index in [-0.39, 0.29) is 17.5 Å². The first kappa shape index (κ1) is 8.42. The molecule has 1 aromatic carbocycles. The zero-order chi connectivity index (χ0) is 9.26. The third kappa shape index (κ3) is 1.62. The fraction of sp³-hybridized carbons (Fsp3) is 0.364. The van der Waals surface area contributed by atoms with Gasteiger partial charge in [0, 0.05) is 11.5 Å². The first-order chi connectivity index (χ1) is 6.27. The van der Waals surface area contributed by atoms with Crippen LogP contribution in [0.3, 0.4) is 0 Å². The van der Waals surface area contributed by atoms with Crippen LogP contribution in [0.15, 0.2) is 24.3 Å². The fourth-order valence-electron chi connectivity index (χ4n) is 1.55. The van der Waals surface area contributed by atoms with Gasteiger partial charge in [0.05, 0.1) is 0 Å². The SMILES string of the molecule is O=C(c1cccc(F)c1)C1CCC1. The summed E-state index contributed by atoms with van der Waals surface area (Å²) >= 11 is 0. The Bertz CT molecular complexity index is 329. The molecule has 0 saturated heterocycles. The Labute approximate surface area is 76.6 Å². The van der Waals surface area contributed by atoms with Crippen LogP contribution in [0.2, 0.25) is 0 Å². The molecule has 13 heavy (non-hydrogen) atoms. The summed E-state index contributed by atoms with van der Waals surface area (Å²) < 4.78 is 12.8. The second-order valence-corrected chi connectivity index (χ2v) is 3.50. The summed E-state index contributed by atoms with van der Waals surface area (Å²) in [5.41, 5.74) is 0.518. The van der Waals surface area contributed by atoms with Crippen LogP contribution in [0.5, 0.6) is 0 Å². The number of hydrogen-bond acceptors (Lipinski definition) is 1. The molecule has 0 N–H and O–H groups in total. The number of carbonyl (C=O) groups is 1. The van der Waals surface area contributed by atoms with Crippen LogP contribution >= 0.6 is 0 Å². The van der Waals surface area contributed by atoms with Crippen molar-refractivity contribution in [2.75, 3.05) is 0 Å². The number of Topliss-reactive ketones (excluding diaryl/α,β-unsaturated/α-hetero) is 1. The summed E-state index contributed by atoms with van der Waals surface area (Å²) in [7, 11) is 0. The van der Waals surface area contributed by atoms with Gasteiger partial charge >= 0.3 is 0 Å². The van der Waals surface area contributed by atoms with Crippen LogP contribution in [0.4, 0.5) is 4.39 Å². The van der Waals surface area contributed by atoms with E-state index in [1.165, 1.54) is 12.1 Å². The van der Waals surface area contributed by atoms with Gasteiger partial charge in [-0.25, -0.2) is 4.39 Å². The normalized spacial score (nSPS) is 16.7. The minimum Gasteiger partial charge on any atom is -0.294 e. The highest BCUT2D eigenvalue weighted by Crippen LogP contribution is 2.29. The molecule has 1 nitrogen and oxygen atoms in total. The highest BCUT2D eigenvalue weighted by Gasteiger charge is 2.26. The van der Waals surface area contributed by atoms with Gasteiger partial charge < -0.3 is 0 Å². The topological polar surface area (TPSA) is 17.1 Å². The molecular weight excluding hydrogens is 167 g/mol. The number of ketones is 1. The molecule has 68 valence electrons. The molecule has 1 aromatic rings. The van der Waals surface area contributed by atoms with Gasteiger partial charge in [-0.05, 0) is 25.0 Å². The van der Waals surface area contributed by atoms with Crippen molar-refractivity contribution in [1.82, 2.24) is 0 Å². The van der Waals surface area contributed by atoms with Crippen LogP contribution in [-0.2, 0) is 0 Å². The van der Waals surface area contributed by atoms with E-state index in [1.807, 2.05) is 0 Å². The number of benzene rings is 1. The molecule has 0 aliphatic heterocycles. The molecule has 1 aliphatic rings. The smallest absolute Gasteiger partial charge is 0.166 e. The molecule has 2 heteroatoms. The largest absolute Gasteiger partial charge is 0.294 e. The third-order valence-corrected chi connectivity index (χ3v) is 2.59. The first-order valence-electron chi connectivity index (χ1n) is 4.57. The van der Waals surface area contributed by atoms with Crippen molar-refractivity contribution >= 4 is 5.78 Å². The van der Waals surface area contributed by atoms with E-state index in [4.69, 9.17) is 0 Å². The first-order valence-corrected chi connectivity index (χ1v) is 4.57. The molecule has 1 aliphatic carbocycles. The summed E-state index contributed by atoms with van der Waals surface area (Å²) in [6, 6.07) is 5.95. The molecule has 0 amide bonds. The van der Waals surface area contributed by atoms with E-state index in [1.54, 1.807) is 12.1 Å². The summed E-state index contributed by atoms with van der Waals surface area (Å²) in [4.78, 5) is 11.6. The fourth-order valence-corrected chi connectivity index (χ4v) is 1.55. The Morgan fingerprint density at radius 1 is 1.38 bits per heavy atom. The lowest BCUT2D eigenvalue weighted by molar-refractivity contribution is 0.0855. The van der Waals surface area contributed by atoms with Gasteiger partial charge in [-0.1, -0.05) is 18.6 Å². The molecule has 1 saturated carbocycles.